The van der Waals surface area contributed by atoms with Crippen molar-refractivity contribution in [2.45, 2.75) is 70.1 Å². The second-order valence-electron chi connectivity index (χ2n) is 5.62. The van der Waals surface area contributed by atoms with Gasteiger partial charge in [0.2, 0.25) is 0 Å². The minimum atomic E-state index is 0.367. The zero-order chi connectivity index (χ0) is 12.1. The van der Waals surface area contributed by atoms with Gasteiger partial charge >= 0.3 is 0 Å². The van der Waals surface area contributed by atoms with E-state index >= 15 is 0 Å². The third-order valence-electron chi connectivity index (χ3n) is 4.11. The van der Waals surface area contributed by atoms with E-state index in [4.69, 9.17) is 15.2 Å². The second-order valence-corrected chi connectivity index (χ2v) is 5.62. The standard InChI is InChI=1S/C14H27NO2/c1-2-16-14-9-11(10-14)8-12(15)5-6-13-4-3-7-17-13/h11-14H,2-10,15H2,1H3. The first-order chi connectivity index (χ1) is 8.28. The fraction of sp³-hybridized carbons (Fsp3) is 1.00. The first kappa shape index (κ1) is 13.3. The van der Waals surface area contributed by atoms with Crippen LogP contribution in [0.5, 0.6) is 0 Å². The molecule has 2 fully saturated rings. The van der Waals surface area contributed by atoms with Gasteiger partial charge in [-0.15, -0.1) is 0 Å². The van der Waals surface area contributed by atoms with Gasteiger partial charge in [0.25, 0.3) is 0 Å². The lowest BCUT2D eigenvalue weighted by Gasteiger charge is -2.36. The molecule has 0 spiro atoms. The van der Waals surface area contributed by atoms with E-state index in [-0.39, 0.29) is 0 Å². The van der Waals surface area contributed by atoms with Crippen LogP contribution in [0.2, 0.25) is 0 Å². The average molecular weight is 241 g/mol. The molecule has 1 heterocycles. The summed E-state index contributed by atoms with van der Waals surface area (Å²) in [5, 5.41) is 0. The molecular formula is C14H27NO2. The zero-order valence-electron chi connectivity index (χ0n) is 11.1. The van der Waals surface area contributed by atoms with Crippen LogP contribution in [0, 0.1) is 5.92 Å². The van der Waals surface area contributed by atoms with Gasteiger partial charge in [0.15, 0.2) is 0 Å². The monoisotopic (exact) mass is 241 g/mol. The number of hydrogen-bond donors (Lipinski definition) is 1. The van der Waals surface area contributed by atoms with Crippen molar-refractivity contribution in [1.82, 2.24) is 0 Å². The molecular weight excluding hydrogens is 214 g/mol. The van der Waals surface area contributed by atoms with E-state index in [1.807, 2.05) is 0 Å². The molecule has 0 amide bonds. The predicted octanol–water partition coefficient (Wildman–Crippen LogP) is 2.48. The highest BCUT2D eigenvalue weighted by atomic mass is 16.5. The highest BCUT2D eigenvalue weighted by Gasteiger charge is 2.30. The maximum Gasteiger partial charge on any atom is 0.0580 e. The Morgan fingerprint density at radius 3 is 2.88 bits per heavy atom. The van der Waals surface area contributed by atoms with Gasteiger partial charge in [-0.25, -0.2) is 0 Å². The molecule has 1 aliphatic heterocycles. The topological polar surface area (TPSA) is 44.5 Å². The van der Waals surface area contributed by atoms with Gasteiger partial charge in [-0.3, -0.25) is 0 Å². The van der Waals surface area contributed by atoms with Crippen molar-refractivity contribution in [2.24, 2.45) is 11.7 Å². The van der Waals surface area contributed by atoms with Crippen LogP contribution in [0.15, 0.2) is 0 Å². The lowest BCUT2D eigenvalue weighted by atomic mass is 9.77. The Balaban J connectivity index is 1.51. The maximum absolute atomic E-state index is 6.19. The summed E-state index contributed by atoms with van der Waals surface area (Å²) in [6.45, 7) is 3.88. The van der Waals surface area contributed by atoms with Crippen molar-refractivity contribution in [3.63, 3.8) is 0 Å². The molecule has 2 N–H and O–H groups in total. The van der Waals surface area contributed by atoms with Crippen LogP contribution < -0.4 is 5.73 Å². The first-order valence-electron chi connectivity index (χ1n) is 7.26. The molecule has 1 saturated carbocycles. The fourth-order valence-electron chi connectivity index (χ4n) is 3.06. The molecule has 3 heteroatoms. The molecule has 2 aliphatic rings. The smallest absolute Gasteiger partial charge is 0.0580 e. The summed E-state index contributed by atoms with van der Waals surface area (Å²) in [5.74, 6) is 0.811. The van der Waals surface area contributed by atoms with Gasteiger partial charge in [-0.1, -0.05) is 0 Å². The maximum atomic E-state index is 6.19. The van der Waals surface area contributed by atoms with Crippen LogP contribution >= 0.6 is 0 Å². The Morgan fingerprint density at radius 1 is 1.41 bits per heavy atom. The molecule has 0 aromatic rings. The third kappa shape index (κ3) is 4.23. The quantitative estimate of drug-likeness (QED) is 0.744. The Bertz CT molecular complexity index is 210. The highest BCUT2D eigenvalue weighted by molar-refractivity contribution is 4.83. The van der Waals surface area contributed by atoms with Crippen LogP contribution in [-0.4, -0.2) is 31.5 Å². The Morgan fingerprint density at radius 2 is 2.24 bits per heavy atom. The summed E-state index contributed by atoms with van der Waals surface area (Å²) in [6.07, 6.45) is 9.40. The van der Waals surface area contributed by atoms with Crippen molar-refractivity contribution >= 4 is 0 Å². The molecule has 1 saturated heterocycles. The lowest BCUT2D eigenvalue weighted by molar-refractivity contribution is -0.0286. The summed E-state index contributed by atoms with van der Waals surface area (Å²) in [5.41, 5.74) is 6.19. The average Bonchev–Trinajstić information content (AvgIpc) is 2.76. The van der Waals surface area contributed by atoms with E-state index in [2.05, 4.69) is 6.92 Å². The van der Waals surface area contributed by atoms with E-state index in [0.29, 0.717) is 18.2 Å². The SMILES string of the molecule is CCOC1CC(CC(N)CCC2CCCO2)C1. The van der Waals surface area contributed by atoms with Crippen molar-refractivity contribution in [1.29, 1.82) is 0 Å². The van der Waals surface area contributed by atoms with E-state index in [1.54, 1.807) is 0 Å². The van der Waals surface area contributed by atoms with Gasteiger partial charge < -0.3 is 15.2 Å². The fourth-order valence-corrected chi connectivity index (χ4v) is 3.06. The van der Waals surface area contributed by atoms with Crippen LogP contribution in [0.1, 0.15) is 51.9 Å². The van der Waals surface area contributed by atoms with Gasteiger partial charge in [0.05, 0.1) is 12.2 Å². The Labute approximate surface area is 105 Å². The predicted molar refractivity (Wildman–Crippen MR) is 68.9 cm³/mol. The van der Waals surface area contributed by atoms with E-state index in [0.717, 1.165) is 32.0 Å². The molecule has 17 heavy (non-hydrogen) atoms. The largest absolute Gasteiger partial charge is 0.378 e. The minimum absolute atomic E-state index is 0.367. The molecule has 0 aromatic carbocycles. The minimum Gasteiger partial charge on any atom is -0.378 e. The second kappa shape index (κ2) is 6.72. The molecule has 1 aliphatic carbocycles. The number of ether oxygens (including phenoxy) is 2. The highest BCUT2D eigenvalue weighted by Crippen LogP contribution is 2.34. The third-order valence-corrected chi connectivity index (χ3v) is 4.11. The summed E-state index contributed by atoms with van der Waals surface area (Å²) < 4.78 is 11.2. The number of hydrogen-bond acceptors (Lipinski definition) is 3. The molecule has 0 bridgehead atoms. The normalized spacial score (nSPS) is 34.6. The van der Waals surface area contributed by atoms with Crippen LogP contribution in [0.3, 0.4) is 0 Å². The number of nitrogens with two attached hydrogens (primary N) is 1. The van der Waals surface area contributed by atoms with Crippen molar-refractivity contribution < 1.29 is 9.47 Å². The summed E-state index contributed by atoms with van der Waals surface area (Å²) >= 11 is 0. The van der Waals surface area contributed by atoms with Crippen molar-refractivity contribution in [2.75, 3.05) is 13.2 Å². The molecule has 3 nitrogen and oxygen atoms in total. The molecule has 100 valence electrons. The van der Waals surface area contributed by atoms with Gasteiger partial charge in [-0.05, 0) is 57.8 Å². The van der Waals surface area contributed by atoms with Crippen molar-refractivity contribution in [3.05, 3.63) is 0 Å². The summed E-state index contributed by atoms with van der Waals surface area (Å²) in [7, 11) is 0. The lowest BCUT2D eigenvalue weighted by Crippen LogP contribution is -2.36. The molecule has 0 radical (unpaired) electrons. The Hall–Kier alpha value is -0.120. The van der Waals surface area contributed by atoms with Gasteiger partial charge in [0.1, 0.15) is 0 Å². The van der Waals surface area contributed by atoms with E-state index < -0.39 is 0 Å². The van der Waals surface area contributed by atoms with Gasteiger partial charge in [-0.2, -0.15) is 0 Å². The molecule has 0 aromatic heterocycles. The van der Waals surface area contributed by atoms with Crippen molar-refractivity contribution in [3.8, 4) is 0 Å². The summed E-state index contributed by atoms with van der Waals surface area (Å²) in [6, 6.07) is 0.367. The number of rotatable bonds is 7. The van der Waals surface area contributed by atoms with E-state index in [9.17, 15) is 0 Å². The Kier molecular flexibility index (Phi) is 5.26. The van der Waals surface area contributed by atoms with Crippen LogP contribution in [0.4, 0.5) is 0 Å². The zero-order valence-corrected chi connectivity index (χ0v) is 11.1. The van der Waals surface area contributed by atoms with Crippen LogP contribution in [-0.2, 0) is 9.47 Å². The molecule has 2 unspecified atom stereocenters. The molecule has 2 rings (SSSR count). The first-order valence-corrected chi connectivity index (χ1v) is 7.26. The molecule has 2 atom stereocenters. The van der Waals surface area contributed by atoms with Crippen LogP contribution in [0.25, 0.3) is 0 Å². The van der Waals surface area contributed by atoms with E-state index in [1.165, 1.54) is 32.1 Å². The summed E-state index contributed by atoms with van der Waals surface area (Å²) in [4.78, 5) is 0. The van der Waals surface area contributed by atoms with Gasteiger partial charge in [0, 0.05) is 19.3 Å².